The molecule has 3 rings (SSSR count). The normalized spacial score (nSPS) is 11.2. The summed E-state index contributed by atoms with van der Waals surface area (Å²) in [5.74, 6) is 1.60. The van der Waals surface area contributed by atoms with E-state index in [1.54, 1.807) is 13.0 Å². The molecule has 0 aliphatic carbocycles. The second-order valence-electron chi connectivity index (χ2n) is 4.12. The number of nitrogens with two attached hydrogens (primary N) is 1. The Hall–Kier alpha value is -2.26. The number of primary sulfonamides is 1. The molecule has 0 radical (unpaired) electrons. The molecule has 8 nitrogen and oxygen atoms in total. The summed E-state index contributed by atoms with van der Waals surface area (Å²) >= 11 is 0. The van der Waals surface area contributed by atoms with Gasteiger partial charge in [-0.25, -0.2) is 23.5 Å². The van der Waals surface area contributed by atoms with Gasteiger partial charge in [-0.1, -0.05) is 0 Å². The van der Waals surface area contributed by atoms with Crippen molar-refractivity contribution in [2.75, 3.05) is 0 Å². The lowest BCUT2D eigenvalue weighted by Crippen LogP contribution is -2.11. The maximum absolute atomic E-state index is 11.0. The summed E-state index contributed by atoms with van der Waals surface area (Å²) in [6.07, 6.45) is 1.48. The summed E-state index contributed by atoms with van der Waals surface area (Å²) in [7, 11) is -3.63. The van der Waals surface area contributed by atoms with Gasteiger partial charge in [-0.3, -0.25) is 5.10 Å². The van der Waals surface area contributed by atoms with Crippen molar-refractivity contribution in [1.29, 1.82) is 0 Å². The summed E-state index contributed by atoms with van der Waals surface area (Å²) in [6.45, 7) is 3.66. The quantitative estimate of drug-likeness (QED) is 0.606. The van der Waals surface area contributed by atoms with Crippen LogP contribution in [0, 0.1) is 13.8 Å². The molecule has 4 N–H and O–H groups in total. The monoisotopic (exact) mass is 294 g/mol. The molecule has 9 heteroatoms. The molecule has 0 amide bonds. The van der Waals surface area contributed by atoms with E-state index in [9.17, 15) is 8.42 Å². The van der Waals surface area contributed by atoms with Crippen LogP contribution in [0.5, 0.6) is 0 Å². The van der Waals surface area contributed by atoms with Crippen LogP contribution >= 0.6 is 0 Å². The molecule has 0 bridgehead atoms. The zero-order chi connectivity index (χ0) is 14.8. The number of H-pyrrole nitrogens is 2. The minimum Gasteiger partial charge on any atom is -0.342 e. The van der Waals surface area contributed by atoms with Gasteiger partial charge >= 0.3 is 0 Å². The third kappa shape index (κ3) is 3.39. The van der Waals surface area contributed by atoms with Crippen LogP contribution in [0.15, 0.2) is 29.4 Å². The molecule has 106 valence electrons. The summed E-state index contributed by atoms with van der Waals surface area (Å²) in [5, 5.41) is 11.2. The van der Waals surface area contributed by atoms with Crippen molar-refractivity contribution in [2.24, 2.45) is 5.14 Å². The largest absolute Gasteiger partial charge is 0.342 e. The van der Waals surface area contributed by atoms with Crippen molar-refractivity contribution >= 4 is 21.1 Å². The molecule has 1 aromatic carbocycles. The van der Waals surface area contributed by atoms with Crippen molar-refractivity contribution in [3.05, 3.63) is 36.2 Å². The summed E-state index contributed by atoms with van der Waals surface area (Å²) in [4.78, 5) is 10.9. The van der Waals surface area contributed by atoms with E-state index >= 15 is 0 Å². The fourth-order valence-electron chi connectivity index (χ4n) is 1.56. The second kappa shape index (κ2) is 5.39. The standard InChI is InChI=1S/C8H9N3O2S.C3H5N3/c1-5-10-7-3-2-6(14(9,12)13)4-8(7)11-5;1-3-4-2-5-6-3/h2-4H,1H3,(H,10,11)(H2,9,12,13);2H,1H3,(H,4,5,6). The molecule has 20 heavy (non-hydrogen) atoms. The molecule has 0 unspecified atom stereocenters. The second-order valence-corrected chi connectivity index (χ2v) is 5.68. The molecule has 2 heterocycles. The van der Waals surface area contributed by atoms with Crippen LogP contribution in [0.2, 0.25) is 0 Å². The third-order valence-corrected chi connectivity index (χ3v) is 3.35. The number of benzene rings is 1. The number of nitrogens with zero attached hydrogens (tertiary/aromatic N) is 3. The molecule has 0 saturated carbocycles. The van der Waals surface area contributed by atoms with Crippen LogP contribution in [0.3, 0.4) is 0 Å². The van der Waals surface area contributed by atoms with Crippen molar-refractivity contribution in [3.63, 3.8) is 0 Å². The minimum absolute atomic E-state index is 0.0913. The Bertz CT molecular complexity index is 807. The van der Waals surface area contributed by atoms with Gasteiger partial charge in [0, 0.05) is 0 Å². The summed E-state index contributed by atoms with van der Waals surface area (Å²) in [5.41, 5.74) is 1.41. The Kier molecular flexibility index (Phi) is 3.81. The van der Waals surface area contributed by atoms with Gasteiger partial charge in [0.15, 0.2) is 0 Å². The average Bonchev–Trinajstić information content (AvgIpc) is 2.95. The number of imidazole rings is 1. The summed E-state index contributed by atoms with van der Waals surface area (Å²) < 4.78 is 22.1. The zero-order valence-electron chi connectivity index (χ0n) is 11.0. The van der Waals surface area contributed by atoms with E-state index in [0.29, 0.717) is 5.52 Å². The van der Waals surface area contributed by atoms with Crippen LogP contribution in [0.25, 0.3) is 11.0 Å². The topological polar surface area (TPSA) is 130 Å². The molecule has 2 aromatic heterocycles. The fourth-order valence-corrected chi connectivity index (χ4v) is 2.10. The Balaban J connectivity index is 0.000000205. The number of sulfonamides is 1. The molecular weight excluding hydrogens is 280 g/mol. The van der Waals surface area contributed by atoms with Crippen LogP contribution in [0.1, 0.15) is 11.6 Å². The number of nitrogens with one attached hydrogen (secondary N) is 2. The van der Waals surface area contributed by atoms with Gasteiger partial charge in [-0.15, -0.1) is 0 Å². The Morgan fingerprint density at radius 3 is 2.45 bits per heavy atom. The highest BCUT2D eigenvalue weighted by Crippen LogP contribution is 2.15. The lowest BCUT2D eigenvalue weighted by Gasteiger charge is -1.96. The first kappa shape index (κ1) is 14.2. The average molecular weight is 294 g/mol. The lowest BCUT2D eigenvalue weighted by atomic mass is 10.3. The van der Waals surface area contributed by atoms with E-state index in [0.717, 1.165) is 17.2 Å². The molecule has 0 aliphatic heterocycles. The summed E-state index contributed by atoms with van der Waals surface area (Å²) in [6, 6.07) is 4.54. The Labute approximate surface area is 115 Å². The predicted octanol–water partition coefficient (Wildman–Crippen LogP) is 0.632. The zero-order valence-corrected chi connectivity index (χ0v) is 11.8. The number of aromatic amines is 2. The number of rotatable bonds is 1. The van der Waals surface area contributed by atoms with E-state index in [2.05, 4.69) is 25.1 Å². The van der Waals surface area contributed by atoms with Crippen molar-refractivity contribution in [2.45, 2.75) is 18.7 Å². The van der Waals surface area contributed by atoms with E-state index < -0.39 is 10.0 Å². The molecule has 0 spiro atoms. The number of hydrogen-bond donors (Lipinski definition) is 3. The highest BCUT2D eigenvalue weighted by atomic mass is 32.2. The Morgan fingerprint density at radius 1 is 1.20 bits per heavy atom. The molecule has 0 saturated heterocycles. The van der Waals surface area contributed by atoms with Gasteiger partial charge in [0.2, 0.25) is 10.0 Å². The Morgan fingerprint density at radius 2 is 1.95 bits per heavy atom. The van der Waals surface area contributed by atoms with Crippen LogP contribution in [0.4, 0.5) is 0 Å². The highest BCUT2D eigenvalue weighted by Gasteiger charge is 2.09. The van der Waals surface area contributed by atoms with Crippen LogP contribution in [-0.2, 0) is 10.0 Å². The van der Waals surface area contributed by atoms with E-state index in [-0.39, 0.29) is 4.90 Å². The van der Waals surface area contributed by atoms with E-state index in [1.165, 1.54) is 18.5 Å². The van der Waals surface area contributed by atoms with E-state index in [1.807, 2.05) is 6.92 Å². The van der Waals surface area contributed by atoms with Crippen molar-refractivity contribution in [3.8, 4) is 0 Å². The maximum Gasteiger partial charge on any atom is 0.238 e. The first-order valence-electron chi connectivity index (χ1n) is 5.67. The molecule has 3 aromatic rings. The van der Waals surface area contributed by atoms with Gasteiger partial charge < -0.3 is 4.98 Å². The highest BCUT2D eigenvalue weighted by molar-refractivity contribution is 7.89. The van der Waals surface area contributed by atoms with Gasteiger partial charge in [-0.2, -0.15) is 5.10 Å². The third-order valence-electron chi connectivity index (χ3n) is 2.44. The molecule has 0 atom stereocenters. The van der Waals surface area contributed by atoms with Crippen molar-refractivity contribution in [1.82, 2.24) is 25.1 Å². The van der Waals surface area contributed by atoms with Gasteiger partial charge in [0.25, 0.3) is 0 Å². The van der Waals surface area contributed by atoms with Crippen LogP contribution in [-0.4, -0.2) is 33.6 Å². The van der Waals surface area contributed by atoms with Crippen molar-refractivity contribution < 1.29 is 8.42 Å². The predicted molar refractivity (Wildman–Crippen MR) is 73.3 cm³/mol. The number of aromatic nitrogens is 5. The van der Waals surface area contributed by atoms with Gasteiger partial charge in [0.05, 0.1) is 15.9 Å². The number of hydrogen-bond acceptors (Lipinski definition) is 5. The fraction of sp³-hybridized carbons (Fsp3) is 0.182. The van der Waals surface area contributed by atoms with Gasteiger partial charge in [0.1, 0.15) is 18.0 Å². The minimum atomic E-state index is -3.63. The van der Waals surface area contributed by atoms with Crippen LogP contribution < -0.4 is 5.14 Å². The van der Waals surface area contributed by atoms with E-state index in [4.69, 9.17) is 5.14 Å². The SMILES string of the molecule is Cc1nc2ccc(S(N)(=O)=O)cc2[nH]1.Cc1ncn[nH]1. The first-order valence-corrected chi connectivity index (χ1v) is 7.22. The smallest absolute Gasteiger partial charge is 0.238 e. The molecule has 0 fully saturated rings. The first-order chi connectivity index (χ1) is 9.36. The van der Waals surface area contributed by atoms with Gasteiger partial charge in [-0.05, 0) is 32.0 Å². The maximum atomic E-state index is 11.0. The lowest BCUT2D eigenvalue weighted by molar-refractivity contribution is 0.598. The number of fused-ring (bicyclic) bond motifs is 1. The molecular formula is C11H14N6O2S. The molecule has 0 aliphatic rings. The number of aryl methyl sites for hydroxylation is 2.